The van der Waals surface area contributed by atoms with Gasteiger partial charge in [0.25, 0.3) is 0 Å². The molecule has 0 fully saturated rings. The highest BCUT2D eigenvalue weighted by Gasteiger charge is 2.13. The van der Waals surface area contributed by atoms with E-state index in [0.717, 1.165) is 16.6 Å². The quantitative estimate of drug-likeness (QED) is 0.331. The van der Waals surface area contributed by atoms with Crippen molar-refractivity contribution >= 4 is 27.2 Å². The summed E-state index contributed by atoms with van der Waals surface area (Å²) < 4.78 is 25.1. The predicted octanol–water partition coefficient (Wildman–Crippen LogP) is 5.72. The van der Waals surface area contributed by atoms with E-state index in [4.69, 9.17) is 9.47 Å². The van der Waals surface area contributed by atoms with Crippen LogP contribution >= 0.6 is 11.3 Å². The Kier molecular flexibility index (Phi) is 6.23. The Morgan fingerprint density at radius 3 is 2.74 bits per heavy atom. The third-order valence-corrected chi connectivity index (χ3v) is 6.05. The van der Waals surface area contributed by atoms with Crippen molar-refractivity contribution in [3.8, 4) is 22.8 Å². The summed E-state index contributed by atoms with van der Waals surface area (Å²) >= 11 is 1.37. The standard InChI is InChI=1S/C24H21FN2O3S/c1-29-21-10-9-15(13-22(21)30-2)20(28)7-4-8-23-26-12-11-19(27-23)17-14-31-24-16(17)5-3-6-18(24)25/h3,5-6,9-14H,4,7-8H2,1-2H3. The van der Waals surface area contributed by atoms with Gasteiger partial charge in [-0.3, -0.25) is 4.79 Å². The fraction of sp³-hybridized carbons (Fsp3) is 0.208. The molecule has 158 valence electrons. The molecule has 0 saturated heterocycles. The van der Waals surface area contributed by atoms with Crippen LogP contribution in [-0.2, 0) is 6.42 Å². The third-order valence-electron chi connectivity index (χ3n) is 5.04. The number of ketones is 1. The van der Waals surface area contributed by atoms with Crippen molar-refractivity contribution < 1.29 is 18.7 Å². The van der Waals surface area contributed by atoms with Gasteiger partial charge in [-0.25, -0.2) is 14.4 Å². The third kappa shape index (κ3) is 4.41. The first-order chi connectivity index (χ1) is 15.1. The van der Waals surface area contributed by atoms with Gasteiger partial charge in [-0.2, -0.15) is 0 Å². The van der Waals surface area contributed by atoms with E-state index >= 15 is 0 Å². The number of hydrogen-bond acceptors (Lipinski definition) is 6. The maximum absolute atomic E-state index is 14.0. The molecular weight excluding hydrogens is 415 g/mol. The van der Waals surface area contributed by atoms with Crippen molar-refractivity contribution in [1.82, 2.24) is 9.97 Å². The Balaban J connectivity index is 1.44. The van der Waals surface area contributed by atoms with E-state index in [2.05, 4.69) is 9.97 Å². The second-order valence-corrected chi connectivity index (χ2v) is 7.85. The molecule has 2 aromatic heterocycles. The van der Waals surface area contributed by atoms with E-state index in [1.54, 1.807) is 44.7 Å². The molecule has 0 aliphatic rings. The van der Waals surface area contributed by atoms with E-state index in [1.165, 1.54) is 17.4 Å². The van der Waals surface area contributed by atoms with Crippen LogP contribution < -0.4 is 9.47 Å². The molecule has 7 heteroatoms. The molecular formula is C24H21FN2O3S. The van der Waals surface area contributed by atoms with Crippen molar-refractivity contribution in [1.29, 1.82) is 0 Å². The van der Waals surface area contributed by atoms with Crippen molar-refractivity contribution in [3.05, 3.63) is 71.2 Å². The Hall–Kier alpha value is -3.32. The largest absolute Gasteiger partial charge is 0.493 e. The van der Waals surface area contributed by atoms with Crippen LogP contribution in [0, 0.1) is 5.82 Å². The van der Waals surface area contributed by atoms with Gasteiger partial charge in [0.05, 0.1) is 24.6 Å². The first-order valence-electron chi connectivity index (χ1n) is 9.84. The molecule has 4 aromatic rings. The van der Waals surface area contributed by atoms with Crippen LogP contribution in [0.2, 0.25) is 0 Å². The normalized spacial score (nSPS) is 10.9. The lowest BCUT2D eigenvalue weighted by Gasteiger charge is -2.09. The number of benzene rings is 2. The molecule has 0 spiro atoms. The molecule has 0 saturated carbocycles. The molecule has 0 radical (unpaired) electrons. The summed E-state index contributed by atoms with van der Waals surface area (Å²) in [5, 5.41) is 2.76. The molecule has 0 aliphatic carbocycles. The smallest absolute Gasteiger partial charge is 0.163 e. The van der Waals surface area contributed by atoms with E-state index in [9.17, 15) is 9.18 Å². The highest BCUT2D eigenvalue weighted by atomic mass is 32.1. The minimum absolute atomic E-state index is 0.0245. The lowest BCUT2D eigenvalue weighted by molar-refractivity contribution is 0.0979. The summed E-state index contributed by atoms with van der Waals surface area (Å²) in [6.07, 6.45) is 3.27. The molecule has 5 nitrogen and oxygen atoms in total. The van der Waals surface area contributed by atoms with Crippen molar-refractivity contribution in [3.63, 3.8) is 0 Å². The Morgan fingerprint density at radius 1 is 1.10 bits per heavy atom. The number of rotatable bonds is 8. The van der Waals surface area contributed by atoms with Crippen LogP contribution in [-0.4, -0.2) is 30.0 Å². The van der Waals surface area contributed by atoms with E-state index in [1.807, 2.05) is 17.5 Å². The Bertz CT molecular complexity index is 1240. The van der Waals surface area contributed by atoms with Crippen molar-refractivity contribution in [2.45, 2.75) is 19.3 Å². The van der Waals surface area contributed by atoms with Crippen molar-refractivity contribution in [2.24, 2.45) is 0 Å². The number of aryl methyl sites for hydroxylation is 1. The molecule has 2 heterocycles. The Morgan fingerprint density at radius 2 is 1.94 bits per heavy atom. The van der Waals surface area contributed by atoms with Gasteiger partial charge in [-0.1, -0.05) is 12.1 Å². The maximum Gasteiger partial charge on any atom is 0.163 e. The molecule has 0 atom stereocenters. The minimum atomic E-state index is -0.225. The zero-order valence-electron chi connectivity index (χ0n) is 17.2. The van der Waals surface area contributed by atoms with Crippen LogP contribution in [0.15, 0.2) is 54.0 Å². The molecule has 0 N–H and O–H groups in total. The minimum Gasteiger partial charge on any atom is -0.493 e. The topological polar surface area (TPSA) is 61.3 Å². The highest BCUT2D eigenvalue weighted by molar-refractivity contribution is 7.17. The van der Waals surface area contributed by atoms with Crippen LogP contribution in [0.5, 0.6) is 11.5 Å². The molecule has 0 unspecified atom stereocenters. The number of halogens is 1. The fourth-order valence-electron chi connectivity index (χ4n) is 3.45. The summed E-state index contributed by atoms with van der Waals surface area (Å²) in [4.78, 5) is 21.5. The number of carbonyl (C=O) groups is 1. The fourth-order valence-corrected chi connectivity index (χ4v) is 4.42. The number of aromatic nitrogens is 2. The molecule has 4 rings (SSSR count). The van der Waals surface area contributed by atoms with Gasteiger partial charge in [0, 0.05) is 40.9 Å². The van der Waals surface area contributed by atoms with Crippen LogP contribution in [0.3, 0.4) is 0 Å². The lowest BCUT2D eigenvalue weighted by atomic mass is 10.0. The van der Waals surface area contributed by atoms with E-state index < -0.39 is 0 Å². The van der Waals surface area contributed by atoms with E-state index in [0.29, 0.717) is 46.8 Å². The van der Waals surface area contributed by atoms with Gasteiger partial charge in [-0.05, 0) is 36.8 Å². The van der Waals surface area contributed by atoms with E-state index in [-0.39, 0.29) is 11.6 Å². The average Bonchev–Trinajstić information content (AvgIpc) is 3.24. The van der Waals surface area contributed by atoms with Gasteiger partial charge >= 0.3 is 0 Å². The maximum atomic E-state index is 14.0. The molecule has 31 heavy (non-hydrogen) atoms. The number of carbonyl (C=O) groups excluding carboxylic acids is 1. The SMILES string of the molecule is COc1ccc(C(=O)CCCc2nccc(-c3csc4c(F)cccc34)n2)cc1OC. The highest BCUT2D eigenvalue weighted by Crippen LogP contribution is 2.34. The number of hydrogen-bond donors (Lipinski definition) is 0. The first-order valence-corrected chi connectivity index (χ1v) is 10.7. The molecule has 0 bridgehead atoms. The van der Waals surface area contributed by atoms with Crippen molar-refractivity contribution in [2.75, 3.05) is 14.2 Å². The van der Waals surface area contributed by atoms with Gasteiger partial charge in [-0.15, -0.1) is 11.3 Å². The summed E-state index contributed by atoms with van der Waals surface area (Å²) in [6, 6.07) is 12.0. The van der Waals surface area contributed by atoms with Gasteiger partial charge < -0.3 is 9.47 Å². The monoisotopic (exact) mass is 436 g/mol. The summed E-state index contributed by atoms with van der Waals surface area (Å²) in [7, 11) is 3.10. The number of methoxy groups -OCH3 is 2. The van der Waals surface area contributed by atoms with Gasteiger partial charge in [0.15, 0.2) is 17.3 Å². The number of thiophene rings is 1. The number of nitrogens with zero attached hydrogens (tertiary/aromatic N) is 2. The van der Waals surface area contributed by atoms with Crippen LogP contribution in [0.4, 0.5) is 4.39 Å². The average molecular weight is 437 g/mol. The lowest BCUT2D eigenvalue weighted by Crippen LogP contribution is -2.03. The van der Waals surface area contributed by atoms with Crippen LogP contribution in [0.1, 0.15) is 29.0 Å². The van der Waals surface area contributed by atoms with Gasteiger partial charge in [0.2, 0.25) is 0 Å². The summed E-state index contributed by atoms with van der Waals surface area (Å²) in [5.74, 6) is 1.58. The molecule has 2 aromatic carbocycles. The predicted molar refractivity (Wildman–Crippen MR) is 120 cm³/mol. The molecule has 0 amide bonds. The number of ether oxygens (including phenoxy) is 2. The van der Waals surface area contributed by atoms with Crippen LogP contribution in [0.25, 0.3) is 21.3 Å². The zero-order chi connectivity index (χ0) is 21.8. The van der Waals surface area contributed by atoms with Gasteiger partial charge in [0.1, 0.15) is 11.6 Å². The molecule has 0 aliphatic heterocycles. The Labute approximate surface area is 183 Å². The summed E-state index contributed by atoms with van der Waals surface area (Å²) in [5.41, 5.74) is 2.23. The zero-order valence-corrected chi connectivity index (χ0v) is 18.0. The second kappa shape index (κ2) is 9.22. The number of fused-ring (bicyclic) bond motifs is 1. The second-order valence-electron chi connectivity index (χ2n) is 6.97. The first kappa shape index (κ1) is 20.9. The number of Topliss-reactive ketones (excluding diaryl/α,β-unsaturated/α-hetero) is 1. The summed E-state index contributed by atoms with van der Waals surface area (Å²) in [6.45, 7) is 0.